The second kappa shape index (κ2) is 9.97. The summed E-state index contributed by atoms with van der Waals surface area (Å²) in [6.07, 6.45) is -6.91. The number of rotatable bonds is 8. The van der Waals surface area contributed by atoms with E-state index in [0.29, 0.717) is 10.9 Å². The Hall–Kier alpha value is -3.13. The van der Waals surface area contributed by atoms with Crippen molar-refractivity contribution in [1.29, 1.82) is 0 Å². The lowest BCUT2D eigenvalue weighted by molar-refractivity contribution is -0.246. The van der Waals surface area contributed by atoms with Gasteiger partial charge in [-0.1, -0.05) is 30.3 Å². The minimum absolute atomic E-state index is 0.0467. The third kappa shape index (κ3) is 4.56. The van der Waals surface area contributed by atoms with Crippen LogP contribution in [0.3, 0.4) is 0 Å². The van der Waals surface area contributed by atoms with Gasteiger partial charge in [0.1, 0.15) is 12.2 Å². The molecule has 1 saturated heterocycles. The van der Waals surface area contributed by atoms with Gasteiger partial charge in [-0.05, 0) is 39.7 Å². The molecular formula is C26H27NO10. The SMILES string of the molecule is O=C(Oc1c(CO)[nH]c2ccc3cc4ccccc4cc3c12)[C@@H]1O[C@@](O)(CO)[C@H](O)[C@H]1OCCC(O)O. The molecule has 0 saturated carbocycles. The van der Waals surface area contributed by atoms with Gasteiger partial charge >= 0.3 is 5.97 Å². The van der Waals surface area contributed by atoms with Crippen LogP contribution in [-0.2, 0) is 20.9 Å². The van der Waals surface area contributed by atoms with Crippen LogP contribution in [0.15, 0.2) is 48.5 Å². The Bertz CT molecular complexity index is 1450. The smallest absolute Gasteiger partial charge is 0.343 e. The quantitative estimate of drug-likeness (QED) is 0.0989. The number of nitrogens with one attached hydrogen (secondary N) is 1. The Morgan fingerprint density at radius 1 is 1.08 bits per heavy atom. The van der Waals surface area contributed by atoms with E-state index in [1.165, 1.54) is 0 Å². The highest BCUT2D eigenvalue weighted by atomic mass is 16.7. The zero-order chi connectivity index (χ0) is 26.3. The van der Waals surface area contributed by atoms with Crippen molar-refractivity contribution in [2.45, 2.75) is 43.4 Å². The highest BCUT2D eigenvalue weighted by Crippen LogP contribution is 2.39. The van der Waals surface area contributed by atoms with E-state index in [9.17, 15) is 25.2 Å². The van der Waals surface area contributed by atoms with Crippen LogP contribution in [0.4, 0.5) is 0 Å². The fourth-order valence-electron chi connectivity index (χ4n) is 4.70. The van der Waals surface area contributed by atoms with Crippen LogP contribution in [0.25, 0.3) is 32.4 Å². The number of esters is 1. The average Bonchev–Trinajstić information content (AvgIpc) is 3.37. The van der Waals surface area contributed by atoms with Crippen LogP contribution in [0, 0.1) is 0 Å². The van der Waals surface area contributed by atoms with Crippen molar-refractivity contribution in [3.63, 3.8) is 0 Å². The molecule has 196 valence electrons. The molecular weight excluding hydrogens is 486 g/mol. The minimum atomic E-state index is -2.50. The molecule has 0 bridgehead atoms. The topological polar surface area (TPSA) is 182 Å². The van der Waals surface area contributed by atoms with E-state index < -0.39 is 49.6 Å². The molecule has 1 aliphatic heterocycles. The molecule has 37 heavy (non-hydrogen) atoms. The first-order chi connectivity index (χ1) is 17.8. The van der Waals surface area contributed by atoms with Crippen molar-refractivity contribution in [3.05, 3.63) is 54.2 Å². The summed E-state index contributed by atoms with van der Waals surface area (Å²) < 4.78 is 16.4. The Morgan fingerprint density at radius 3 is 2.49 bits per heavy atom. The average molecular weight is 513 g/mol. The van der Waals surface area contributed by atoms with E-state index in [4.69, 9.17) is 24.4 Å². The van der Waals surface area contributed by atoms with Crippen molar-refractivity contribution in [3.8, 4) is 5.75 Å². The lowest BCUT2D eigenvalue weighted by Crippen LogP contribution is -2.47. The molecule has 4 aromatic rings. The fraction of sp³-hybridized carbons (Fsp3) is 0.346. The maximum Gasteiger partial charge on any atom is 0.343 e. The molecule has 11 heteroatoms. The fourth-order valence-corrected chi connectivity index (χ4v) is 4.70. The summed E-state index contributed by atoms with van der Waals surface area (Å²) in [5.74, 6) is -3.51. The number of carbonyl (C=O) groups excluding carboxylic acids is 1. The van der Waals surface area contributed by atoms with Crippen LogP contribution in [-0.4, -0.2) is 85.2 Å². The van der Waals surface area contributed by atoms with Gasteiger partial charge in [-0.2, -0.15) is 0 Å². The van der Waals surface area contributed by atoms with Gasteiger partial charge in [0.05, 0.1) is 36.4 Å². The zero-order valence-corrected chi connectivity index (χ0v) is 19.6. The third-order valence-corrected chi connectivity index (χ3v) is 6.58. The van der Waals surface area contributed by atoms with Crippen LogP contribution in [0.2, 0.25) is 0 Å². The molecule has 5 rings (SSSR count). The summed E-state index contributed by atoms with van der Waals surface area (Å²) in [5, 5.41) is 62.8. The zero-order valence-electron chi connectivity index (χ0n) is 19.6. The molecule has 11 nitrogen and oxygen atoms in total. The van der Waals surface area contributed by atoms with Crippen molar-refractivity contribution in [2.24, 2.45) is 0 Å². The standard InChI is InChI=1S/C26H27NO10/c28-11-18-21(20-16-10-14-4-2-1-3-13(14)9-15(16)5-6-17(20)27-18)36-25(33)23-22(35-8-7-19(30)31)24(32)26(34,12-29)37-23/h1-6,9-10,19,22-24,27-32,34H,7-8,11-12H2/t22-,23+,24+,26-/m0/s1. The number of aromatic nitrogens is 1. The lowest BCUT2D eigenvalue weighted by atomic mass is 10.0. The highest BCUT2D eigenvalue weighted by Gasteiger charge is 2.57. The molecule has 3 aromatic carbocycles. The minimum Gasteiger partial charge on any atom is -0.422 e. The summed E-state index contributed by atoms with van der Waals surface area (Å²) in [4.78, 5) is 16.4. The molecule has 4 atom stereocenters. The molecule has 1 fully saturated rings. The molecule has 1 aliphatic rings. The largest absolute Gasteiger partial charge is 0.422 e. The summed E-state index contributed by atoms with van der Waals surface area (Å²) >= 11 is 0. The monoisotopic (exact) mass is 513 g/mol. The predicted octanol–water partition coefficient (Wildman–Crippen LogP) is 0.399. The van der Waals surface area contributed by atoms with Gasteiger partial charge < -0.3 is 49.8 Å². The number of aliphatic hydroxyl groups is 6. The number of H-pyrrole nitrogens is 1. The number of hydrogen-bond donors (Lipinski definition) is 7. The van der Waals surface area contributed by atoms with Crippen LogP contribution < -0.4 is 4.74 Å². The molecule has 0 radical (unpaired) electrons. The Balaban J connectivity index is 1.54. The van der Waals surface area contributed by atoms with Gasteiger partial charge in [0.15, 0.2) is 18.1 Å². The van der Waals surface area contributed by atoms with E-state index in [1.54, 1.807) is 6.07 Å². The summed E-state index contributed by atoms with van der Waals surface area (Å²) in [6, 6.07) is 15.4. The highest BCUT2D eigenvalue weighted by molar-refractivity contribution is 6.14. The molecule has 1 aromatic heterocycles. The molecule has 2 heterocycles. The first-order valence-electron chi connectivity index (χ1n) is 11.7. The van der Waals surface area contributed by atoms with Gasteiger partial charge in [-0.3, -0.25) is 0 Å². The summed E-state index contributed by atoms with van der Waals surface area (Å²) in [6.45, 7) is -1.80. The van der Waals surface area contributed by atoms with E-state index in [0.717, 1.165) is 21.5 Å². The van der Waals surface area contributed by atoms with Crippen molar-refractivity contribution in [1.82, 2.24) is 4.98 Å². The van der Waals surface area contributed by atoms with E-state index in [-0.39, 0.29) is 24.5 Å². The van der Waals surface area contributed by atoms with E-state index >= 15 is 0 Å². The number of carbonyl (C=O) groups is 1. The van der Waals surface area contributed by atoms with Gasteiger partial charge in [0, 0.05) is 6.42 Å². The first kappa shape index (κ1) is 25.5. The molecule has 0 amide bonds. The number of hydrogen-bond acceptors (Lipinski definition) is 10. The number of benzene rings is 3. The predicted molar refractivity (Wildman–Crippen MR) is 130 cm³/mol. The Kier molecular flexibility index (Phi) is 6.88. The van der Waals surface area contributed by atoms with E-state index in [1.807, 2.05) is 42.5 Å². The van der Waals surface area contributed by atoms with Gasteiger partial charge in [-0.15, -0.1) is 0 Å². The van der Waals surface area contributed by atoms with Crippen molar-refractivity contribution < 1.29 is 49.6 Å². The van der Waals surface area contributed by atoms with Crippen LogP contribution in [0.5, 0.6) is 5.75 Å². The molecule has 7 N–H and O–H groups in total. The van der Waals surface area contributed by atoms with Gasteiger partial charge in [-0.25, -0.2) is 4.79 Å². The number of ether oxygens (including phenoxy) is 3. The molecule has 0 aliphatic carbocycles. The second-order valence-electron chi connectivity index (χ2n) is 9.01. The Labute approximate surface area is 210 Å². The van der Waals surface area contributed by atoms with Gasteiger partial charge in [0.2, 0.25) is 5.79 Å². The molecule has 0 unspecified atom stereocenters. The summed E-state index contributed by atoms with van der Waals surface area (Å²) in [7, 11) is 0. The number of aromatic amines is 1. The van der Waals surface area contributed by atoms with Gasteiger partial charge in [0.25, 0.3) is 0 Å². The van der Waals surface area contributed by atoms with Crippen molar-refractivity contribution in [2.75, 3.05) is 13.2 Å². The van der Waals surface area contributed by atoms with E-state index in [2.05, 4.69) is 4.98 Å². The number of aliphatic hydroxyl groups excluding tert-OH is 4. The first-order valence-corrected chi connectivity index (χ1v) is 11.7. The lowest BCUT2D eigenvalue weighted by Gasteiger charge is -2.23. The van der Waals surface area contributed by atoms with Crippen LogP contribution >= 0.6 is 0 Å². The maximum absolute atomic E-state index is 13.3. The van der Waals surface area contributed by atoms with Crippen molar-refractivity contribution >= 4 is 38.4 Å². The Morgan fingerprint density at radius 2 is 1.81 bits per heavy atom. The molecule has 0 spiro atoms. The second-order valence-corrected chi connectivity index (χ2v) is 9.01. The normalized spacial score (nSPS) is 24.0. The van der Waals surface area contributed by atoms with Crippen LogP contribution in [0.1, 0.15) is 12.1 Å². The third-order valence-electron chi connectivity index (χ3n) is 6.58. The summed E-state index contributed by atoms with van der Waals surface area (Å²) in [5.41, 5.74) is 0.833. The maximum atomic E-state index is 13.3. The number of fused-ring (bicyclic) bond motifs is 4.